The molecule has 2 rings (SSSR count). The predicted octanol–water partition coefficient (Wildman–Crippen LogP) is -3.49. The molecule has 0 spiro atoms. The zero-order valence-electron chi connectivity index (χ0n) is 9.76. The van der Waals surface area contributed by atoms with Gasteiger partial charge in [0.15, 0.2) is 0 Å². The highest BCUT2D eigenvalue weighted by Gasteiger charge is 2.17. The van der Waals surface area contributed by atoms with Crippen LogP contribution in [0.1, 0.15) is 5.56 Å². The molecule has 0 aromatic heterocycles. The van der Waals surface area contributed by atoms with E-state index in [0.717, 1.165) is 0 Å². The predicted molar refractivity (Wildman–Crippen MR) is 77.6 cm³/mol. The second kappa shape index (κ2) is 7.52. The lowest BCUT2D eigenvalue weighted by Crippen LogP contribution is -2.41. The summed E-state index contributed by atoms with van der Waals surface area (Å²) in [6, 6.07) is 8.36. The molecule has 94 valence electrons. The largest absolute Gasteiger partial charge is 0.425 e. The van der Waals surface area contributed by atoms with E-state index in [1.54, 1.807) is 0 Å². The smallest absolute Gasteiger partial charge is 0.337 e. The van der Waals surface area contributed by atoms with Crippen LogP contribution < -0.4 is 5.19 Å². The van der Waals surface area contributed by atoms with Crippen LogP contribution in [0.2, 0.25) is 0 Å². The summed E-state index contributed by atoms with van der Waals surface area (Å²) >= 11 is 0. The summed E-state index contributed by atoms with van der Waals surface area (Å²) in [5, 5.41) is 1.17. The molecule has 0 aliphatic carbocycles. The van der Waals surface area contributed by atoms with Crippen LogP contribution in [0.25, 0.3) is 0 Å². The topological polar surface area (TPSA) is 46.2 Å². The van der Waals surface area contributed by atoms with Gasteiger partial charge >= 0.3 is 9.28 Å². The number of hydrogen-bond acceptors (Lipinski definition) is 5. The number of rotatable bonds is 1. The lowest BCUT2D eigenvalue weighted by atomic mass is 10.2. The monoisotopic (exact) mass is 320 g/mol. The Balaban J connectivity index is 1.97. The third kappa shape index (κ3) is 4.70. The van der Waals surface area contributed by atoms with Gasteiger partial charge in [-0.15, -0.1) is 0 Å². The molecule has 1 saturated heterocycles. The first kappa shape index (κ1) is 13.5. The van der Waals surface area contributed by atoms with Crippen LogP contribution in [0.4, 0.5) is 0 Å². The van der Waals surface area contributed by atoms with Crippen molar-refractivity contribution in [3.63, 3.8) is 0 Å². The minimum Gasteiger partial charge on any atom is -0.425 e. The van der Waals surface area contributed by atoms with E-state index in [2.05, 4.69) is 31.2 Å². The third-order valence-corrected chi connectivity index (χ3v) is 10.7. The SMILES string of the molecule is Cc1ccc([SiH]2O[SiH2]O[SiH2]O[SiH2]O[SiH2]O2)cc1. The molecule has 1 aliphatic heterocycles. The summed E-state index contributed by atoms with van der Waals surface area (Å²) < 4.78 is 27.8. The zero-order chi connectivity index (χ0) is 11.9. The van der Waals surface area contributed by atoms with Gasteiger partial charge in [-0.1, -0.05) is 29.8 Å². The maximum absolute atomic E-state index is 5.80. The van der Waals surface area contributed by atoms with Gasteiger partial charge in [0, 0.05) is 0 Å². The lowest BCUT2D eigenvalue weighted by molar-refractivity contribution is 0.339. The Bertz CT molecular complexity index is 326. The molecule has 1 fully saturated rings. The van der Waals surface area contributed by atoms with Crippen LogP contribution in [0.15, 0.2) is 24.3 Å². The van der Waals surface area contributed by atoms with Crippen LogP contribution in [0.3, 0.4) is 0 Å². The molecule has 1 aromatic rings. The van der Waals surface area contributed by atoms with E-state index in [9.17, 15) is 0 Å². The first-order valence-corrected chi connectivity index (χ1v) is 11.5. The molecule has 0 radical (unpaired) electrons. The molecule has 5 nitrogen and oxygen atoms in total. The van der Waals surface area contributed by atoms with Gasteiger partial charge < -0.3 is 20.6 Å². The molecule has 1 aliphatic rings. The van der Waals surface area contributed by atoms with Crippen molar-refractivity contribution in [3.8, 4) is 0 Å². The summed E-state index contributed by atoms with van der Waals surface area (Å²) in [5.41, 5.74) is 1.25. The second-order valence-corrected chi connectivity index (χ2v) is 13.5. The molecule has 0 amide bonds. The summed E-state index contributed by atoms with van der Waals surface area (Å²) in [4.78, 5) is 0. The molecule has 0 N–H and O–H groups in total. The van der Waals surface area contributed by atoms with Crippen molar-refractivity contribution in [2.75, 3.05) is 0 Å². The average Bonchev–Trinajstić information content (AvgIpc) is 2.37. The molecular formula is C7H16O5Si5. The first-order chi connectivity index (χ1) is 8.36. The van der Waals surface area contributed by atoms with Crippen LogP contribution >= 0.6 is 0 Å². The van der Waals surface area contributed by atoms with E-state index >= 15 is 0 Å². The van der Waals surface area contributed by atoms with Crippen molar-refractivity contribution in [1.82, 2.24) is 0 Å². The van der Waals surface area contributed by atoms with Gasteiger partial charge in [0.25, 0.3) is 40.0 Å². The van der Waals surface area contributed by atoms with Gasteiger partial charge in [-0.2, -0.15) is 0 Å². The van der Waals surface area contributed by atoms with Crippen molar-refractivity contribution >= 4 is 54.5 Å². The summed E-state index contributed by atoms with van der Waals surface area (Å²) in [7, 11) is -5.28. The highest BCUT2D eigenvalue weighted by atomic mass is 28.4. The fraction of sp³-hybridized carbons (Fsp3) is 0.143. The van der Waals surface area contributed by atoms with Crippen molar-refractivity contribution in [1.29, 1.82) is 0 Å². The normalized spacial score (nSPS) is 28.9. The van der Waals surface area contributed by atoms with Gasteiger partial charge in [-0.05, 0) is 12.1 Å². The number of aryl methyl sites for hydroxylation is 1. The van der Waals surface area contributed by atoms with E-state index in [0.29, 0.717) is 0 Å². The van der Waals surface area contributed by atoms with Crippen LogP contribution in [0.5, 0.6) is 0 Å². The molecular weight excluding hydrogens is 305 g/mol. The number of benzene rings is 1. The summed E-state index contributed by atoms with van der Waals surface area (Å²) in [5.74, 6) is 0. The fourth-order valence-electron chi connectivity index (χ4n) is 1.40. The van der Waals surface area contributed by atoms with Gasteiger partial charge in [0.1, 0.15) is 0 Å². The second-order valence-electron chi connectivity index (χ2n) is 3.66. The van der Waals surface area contributed by atoms with Crippen molar-refractivity contribution in [2.24, 2.45) is 0 Å². The fourth-order valence-corrected chi connectivity index (χ4v) is 12.1. The summed E-state index contributed by atoms with van der Waals surface area (Å²) in [6.07, 6.45) is 0. The lowest BCUT2D eigenvalue weighted by Gasteiger charge is -2.19. The third-order valence-electron chi connectivity index (χ3n) is 2.29. The Kier molecular flexibility index (Phi) is 5.99. The average molecular weight is 321 g/mol. The quantitative estimate of drug-likeness (QED) is 0.503. The van der Waals surface area contributed by atoms with E-state index in [4.69, 9.17) is 20.6 Å². The van der Waals surface area contributed by atoms with Crippen LogP contribution in [0, 0.1) is 6.92 Å². The van der Waals surface area contributed by atoms with Gasteiger partial charge in [0.05, 0.1) is 0 Å². The van der Waals surface area contributed by atoms with Gasteiger partial charge in [0.2, 0.25) is 0 Å². The standard InChI is InChI=1S/C7H16O5Si5/c1-6-2-4-7(5-3-6)17-11-15-9-13-8-14-10-16-12-17/h2-5,17H,13-16H2,1H3. The molecule has 0 atom stereocenters. The van der Waals surface area contributed by atoms with Crippen molar-refractivity contribution in [2.45, 2.75) is 6.92 Å². The molecule has 1 aromatic carbocycles. The maximum Gasteiger partial charge on any atom is 0.337 e. The molecule has 10 heteroatoms. The minimum absolute atomic E-state index is 0.833. The van der Waals surface area contributed by atoms with E-state index in [1.165, 1.54) is 10.8 Å². The molecule has 17 heavy (non-hydrogen) atoms. The Morgan fingerprint density at radius 1 is 0.824 bits per heavy atom. The van der Waals surface area contributed by atoms with E-state index in [-0.39, 0.29) is 0 Å². The van der Waals surface area contributed by atoms with E-state index in [1.807, 2.05) is 0 Å². The Morgan fingerprint density at radius 2 is 1.35 bits per heavy atom. The Morgan fingerprint density at radius 3 is 1.94 bits per heavy atom. The highest BCUT2D eigenvalue weighted by Crippen LogP contribution is 1.97. The van der Waals surface area contributed by atoms with E-state index < -0.39 is 49.3 Å². The molecule has 0 bridgehead atoms. The molecule has 0 saturated carbocycles. The Labute approximate surface area is 112 Å². The van der Waals surface area contributed by atoms with Gasteiger partial charge in [-0.25, -0.2) is 0 Å². The maximum atomic E-state index is 5.80. The molecule has 0 unspecified atom stereocenters. The number of hydrogen-bond donors (Lipinski definition) is 0. The first-order valence-electron chi connectivity index (χ1n) is 5.39. The Hall–Kier alpha value is 0.104. The van der Waals surface area contributed by atoms with Crippen molar-refractivity contribution in [3.05, 3.63) is 29.8 Å². The van der Waals surface area contributed by atoms with Crippen LogP contribution in [-0.2, 0) is 20.6 Å². The summed E-state index contributed by atoms with van der Waals surface area (Å²) in [6.45, 7) is 2.07. The molecule has 1 heterocycles. The highest BCUT2D eigenvalue weighted by molar-refractivity contribution is 6.69. The minimum atomic E-state index is -1.77. The van der Waals surface area contributed by atoms with Crippen LogP contribution in [-0.4, -0.2) is 49.3 Å². The van der Waals surface area contributed by atoms with Crippen molar-refractivity contribution < 1.29 is 20.6 Å². The van der Waals surface area contributed by atoms with Gasteiger partial charge in [-0.3, -0.25) is 0 Å². The zero-order valence-corrected chi connectivity index (χ0v) is 16.6.